The largest absolute Gasteiger partial charge is 0.339 e. The lowest BCUT2D eigenvalue weighted by Crippen LogP contribution is -2.29. The van der Waals surface area contributed by atoms with Gasteiger partial charge in [-0.05, 0) is 43.2 Å². The van der Waals surface area contributed by atoms with Crippen LogP contribution in [0.4, 0.5) is 0 Å². The number of nitrogens with zero attached hydrogens (tertiary/aromatic N) is 3. The van der Waals surface area contributed by atoms with Crippen LogP contribution in [0.2, 0.25) is 0 Å². The molecule has 3 rings (SSSR count). The van der Waals surface area contributed by atoms with Gasteiger partial charge in [0.1, 0.15) is 0 Å². The predicted molar refractivity (Wildman–Crippen MR) is 101 cm³/mol. The zero-order valence-corrected chi connectivity index (χ0v) is 15.8. The van der Waals surface area contributed by atoms with Crippen LogP contribution in [-0.2, 0) is 6.42 Å². The Morgan fingerprint density at radius 1 is 1.08 bits per heavy atom. The van der Waals surface area contributed by atoms with Crippen molar-refractivity contribution in [1.82, 2.24) is 14.7 Å². The number of benzene rings is 1. The van der Waals surface area contributed by atoms with Crippen LogP contribution in [0.25, 0.3) is 5.69 Å². The molecule has 1 saturated heterocycles. The van der Waals surface area contributed by atoms with E-state index in [1.54, 1.807) is 0 Å². The molecule has 0 saturated carbocycles. The molecule has 1 fully saturated rings. The molecular formula is C21H29N3O. The molecule has 134 valence electrons. The number of hydrogen-bond acceptors (Lipinski definition) is 2. The van der Waals surface area contributed by atoms with Gasteiger partial charge >= 0.3 is 0 Å². The Kier molecular flexibility index (Phi) is 5.26. The summed E-state index contributed by atoms with van der Waals surface area (Å²) in [6, 6.07) is 10.2. The summed E-state index contributed by atoms with van der Waals surface area (Å²) in [6.07, 6.45) is 3.04. The number of carbonyl (C=O) groups is 1. The molecule has 25 heavy (non-hydrogen) atoms. The molecule has 1 aliphatic heterocycles. The van der Waals surface area contributed by atoms with E-state index in [1.165, 1.54) is 0 Å². The SMILES string of the molecule is CC(C)Cc1nn(-c2ccccc2)c(C(C)C)c1C(=O)N1CCCC1. The molecular weight excluding hydrogens is 310 g/mol. The van der Waals surface area contributed by atoms with Crippen molar-refractivity contribution in [3.05, 3.63) is 47.3 Å². The minimum Gasteiger partial charge on any atom is -0.339 e. The van der Waals surface area contributed by atoms with Crippen LogP contribution in [0.1, 0.15) is 68.2 Å². The Morgan fingerprint density at radius 3 is 2.28 bits per heavy atom. The maximum atomic E-state index is 13.3. The molecule has 1 amide bonds. The summed E-state index contributed by atoms with van der Waals surface area (Å²) in [5.74, 6) is 0.860. The number of rotatable bonds is 5. The van der Waals surface area contributed by atoms with Gasteiger partial charge in [0.15, 0.2) is 0 Å². The highest BCUT2D eigenvalue weighted by Crippen LogP contribution is 2.29. The second-order valence-corrected chi connectivity index (χ2v) is 7.71. The lowest BCUT2D eigenvalue weighted by molar-refractivity contribution is 0.0790. The van der Waals surface area contributed by atoms with Crippen LogP contribution in [0.3, 0.4) is 0 Å². The Labute approximate surface area is 150 Å². The van der Waals surface area contributed by atoms with E-state index in [2.05, 4.69) is 39.8 Å². The van der Waals surface area contributed by atoms with E-state index in [1.807, 2.05) is 27.8 Å². The van der Waals surface area contributed by atoms with Gasteiger partial charge < -0.3 is 4.90 Å². The summed E-state index contributed by atoms with van der Waals surface area (Å²) in [4.78, 5) is 15.3. The first kappa shape index (κ1) is 17.7. The summed E-state index contributed by atoms with van der Waals surface area (Å²) in [5, 5.41) is 4.90. The molecule has 4 nitrogen and oxygen atoms in total. The maximum absolute atomic E-state index is 13.3. The summed E-state index contributed by atoms with van der Waals surface area (Å²) in [5.41, 5.74) is 3.85. The van der Waals surface area contributed by atoms with Gasteiger partial charge in [-0.15, -0.1) is 0 Å². The highest BCUT2D eigenvalue weighted by molar-refractivity contribution is 5.97. The van der Waals surface area contributed by atoms with E-state index >= 15 is 0 Å². The van der Waals surface area contributed by atoms with Crippen LogP contribution in [0.5, 0.6) is 0 Å². The Balaban J connectivity index is 2.15. The zero-order valence-electron chi connectivity index (χ0n) is 15.8. The molecule has 2 heterocycles. The van der Waals surface area contributed by atoms with Gasteiger partial charge in [0.2, 0.25) is 0 Å². The highest BCUT2D eigenvalue weighted by atomic mass is 16.2. The zero-order chi connectivity index (χ0) is 18.0. The number of hydrogen-bond donors (Lipinski definition) is 0. The number of amides is 1. The van der Waals surface area contributed by atoms with Crippen molar-refractivity contribution in [3.8, 4) is 5.69 Å². The number of likely N-dealkylation sites (tertiary alicyclic amines) is 1. The van der Waals surface area contributed by atoms with E-state index in [9.17, 15) is 4.79 Å². The number of aromatic nitrogens is 2. The monoisotopic (exact) mass is 339 g/mol. The Hall–Kier alpha value is -2.10. The average Bonchev–Trinajstić information content (AvgIpc) is 3.22. The van der Waals surface area contributed by atoms with Gasteiger partial charge in [-0.3, -0.25) is 4.79 Å². The quantitative estimate of drug-likeness (QED) is 0.808. The van der Waals surface area contributed by atoms with Crippen molar-refractivity contribution in [3.63, 3.8) is 0 Å². The van der Waals surface area contributed by atoms with E-state index in [0.717, 1.165) is 55.0 Å². The Bertz CT molecular complexity index is 725. The molecule has 4 heteroatoms. The highest BCUT2D eigenvalue weighted by Gasteiger charge is 2.30. The standard InChI is InChI=1S/C21H29N3O/c1-15(2)14-18-19(21(25)23-12-8-9-13-23)20(16(3)4)24(22-18)17-10-6-5-7-11-17/h5-7,10-11,15-16H,8-9,12-14H2,1-4H3. The van der Waals surface area contributed by atoms with Gasteiger partial charge in [-0.2, -0.15) is 5.10 Å². The number of carbonyl (C=O) groups excluding carboxylic acids is 1. The molecule has 1 aromatic carbocycles. The fourth-order valence-electron chi connectivity index (χ4n) is 3.62. The first-order valence-electron chi connectivity index (χ1n) is 9.45. The second-order valence-electron chi connectivity index (χ2n) is 7.71. The smallest absolute Gasteiger partial charge is 0.257 e. The Morgan fingerprint density at radius 2 is 1.72 bits per heavy atom. The van der Waals surface area contributed by atoms with Crippen LogP contribution >= 0.6 is 0 Å². The van der Waals surface area contributed by atoms with Crippen molar-refractivity contribution in [1.29, 1.82) is 0 Å². The normalized spacial score (nSPS) is 14.7. The van der Waals surface area contributed by atoms with Crippen LogP contribution in [-0.4, -0.2) is 33.7 Å². The third kappa shape index (κ3) is 3.63. The summed E-state index contributed by atoms with van der Waals surface area (Å²) < 4.78 is 1.99. The molecule has 1 aliphatic rings. The molecule has 2 aromatic rings. The molecule has 0 unspecified atom stereocenters. The van der Waals surface area contributed by atoms with E-state index < -0.39 is 0 Å². The van der Waals surface area contributed by atoms with Crippen LogP contribution < -0.4 is 0 Å². The van der Waals surface area contributed by atoms with Crippen molar-refractivity contribution in [2.24, 2.45) is 5.92 Å². The van der Waals surface area contributed by atoms with E-state index in [-0.39, 0.29) is 11.8 Å². The van der Waals surface area contributed by atoms with Crippen molar-refractivity contribution in [2.45, 2.75) is 52.9 Å². The fourth-order valence-corrected chi connectivity index (χ4v) is 3.62. The summed E-state index contributed by atoms with van der Waals surface area (Å²) >= 11 is 0. The molecule has 0 aliphatic carbocycles. The maximum Gasteiger partial charge on any atom is 0.257 e. The molecule has 0 atom stereocenters. The van der Waals surface area contributed by atoms with Crippen LogP contribution in [0, 0.1) is 5.92 Å². The minimum absolute atomic E-state index is 0.166. The predicted octanol–water partition coefficient (Wildman–Crippen LogP) is 4.43. The van der Waals surface area contributed by atoms with Crippen molar-refractivity contribution < 1.29 is 4.79 Å². The number of para-hydroxylation sites is 1. The molecule has 1 aromatic heterocycles. The van der Waals surface area contributed by atoms with Gasteiger partial charge in [0.25, 0.3) is 5.91 Å². The third-order valence-electron chi connectivity index (χ3n) is 4.75. The first-order chi connectivity index (χ1) is 12.0. The van der Waals surface area contributed by atoms with Crippen molar-refractivity contribution in [2.75, 3.05) is 13.1 Å². The molecule has 0 bridgehead atoms. The summed E-state index contributed by atoms with van der Waals surface area (Å²) in [6.45, 7) is 10.4. The summed E-state index contributed by atoms with van der Waals surface area (Å²) in [7, 11) is 0. The molecule has 0 N–H and O–H groups in total. The van der Waals surface area contributed by atoms with Gasteiger partial charge in [-0.25, -0.2) is 4.68 Å². The fraction of sp³-hybridized carbons (Fsp3) is 0.524. The third-order valence-corrected chi connectivity index (χ3v) is 4.75. The topological polar surface area (TPSA) is 38.1 Å². The molecule has 0 spiro atoms. The van der Waals surface area contributed by atoms with Crippen LogP contribution in [0.15, 0.2) is 30.3 Å². The van der Waals surface area contributed by atoms with Crippen molar-refractivity contribution >= 4 is 5.91 Å². The van der Waals surface area contributed by atoms with Gasteiger partial charge in [0, 0.05) is 13.1 Å². The van der Waals surface area contributed by atoms with Gasteiger partial charge in [0.05, 0.1) is 22.6 Å². The van der Waals surface area contributed by atoms with E-state index in [4.69, 9.17) is 5.10 Å². The minimum atomic E-state index is 0.166. The lowest BCUT2D eigenvalue weighted by atomic mass is 9.98. The first-order valence-corrected chi connectivity index (χ1v) is 9.45. The van der Waals surface area contributed by atoms with Gasteiger partial charge in [-0.1, -0.05) is 45.9 Å². The van der Waals surface area contributed by atoms with E-state index in [0.29, 0.717) is 5.92 Å². The second kappa shape index (κ2) is 7.42. The lowest BCUT2D eigenvalue weighted by Gasteiger charge is -2.18. The average molecular weight is 339 g/mol. The molecule has 0 radical (unpaired) electrons.